The van der Waals surface area contributed by atoms with E-state index in [-0.39, 0.29) is 0 Å². The SMILES string of the molecule is CC#CC1(Cl)C(I)=C(Cl)C(Cl)=CC1O. The second-order valence-corrected chi connectivity index (χ2v) is 5.13. The molecule has 0 heterocycles. The van der Waals surface area contributed by atoms with Crippen LogP contribution in [0.15, 0.2) is 19.7 Å². The van der Waals surface area contributed by atoms with Crippen LogP contribution in [0.3, 0.4) is 0 Å². The second kappa shape index (κ2) is 4.63. The van der Waals surface area contributed by atoms with E-state index in [1.165, 1.54) is 6.08 Å². The Morgan fingerprint density at radius 2 is 2.14 bits per heavy atom. The number of aliphatic hydroxyl groups excluding tert-OH is 1. The molecule has 0 aromatic carbocycles. The smallest absolute Gasteiger partial charge is 0.166 e. The summed E-state index contributed by atoms with van der Waals surface area (Å²) in [5.74, 6) is 5.39. The number of hydrogen-bond donors (Lipinski definition) is 1. The quantitative estimate of drug-likeness (QED) is 0.397. The molecule has 1 nitrogen and oxygen atoms in total. The minimum Gasteiger partial charge on any atom is -0.386 e. The van der Waals surface area contributed by atoms with E-state index in [1.807, 2.05) is 22.6 Å². The van der Waals surface area contributed by atoms with Crippen molar-refractivity contribution in [1.29, 1.82) is 0 Å². The van der Waals surface area contributed by atoms with Crippen LogP contribution < -0.4 is 0 Å². The summed E-state index contributed by atoms with van der Waals surface area (Å²) in [4.78, 5) is -1.16. The highest BCUT2D eigenvalue weighted by Gasteiger charge is 2.41. The van der Waals surface area contributed by atoms with Crippen molar-refractivity contribution in [3.05, 3.63) is 19.7 Å². The average Bonchev–Trinajstić information content (AvgIpc) is 2.13. The number of hydrogen-bond acceptors (Lipinski definition) is 1. The number of allylic oxidation sites excluding steroid dienone is 2. The van der Waals surface area contributed by atoms with Crippen LogP contribution in [-0.2, 0) is 0 Å². The normalized spacial score (nSPS) is 32.1. The number of alkyl halides is 1. The largest absolute Gasteiger partial charge is 0.386 e. The topological polar surface area (TPSA) is 20.2 Å². The number of aliphatic hydroxyl groups is 1. The molecule has 0 radical (unpaired) electrons. The van der Waals surface area contributed by atoms with Gasteiger partial charge in [-0.05, 0) is 35.6 Å². The van der Waals surface area contributed by atoms with E-state index < -0.39 is 11.0 Å². The van der Waals surface area contributed by atoms with Crippen molar-refractivity contribution in [2.45, 2.75) is 17.9 Å². The third-order valence-electron chi connectivity index (χ3n) is 1.74. The Labute approximate surface area is 111 Å². The molecule has 2 atom stereocenters. The van der Waals surface area contributed by atoms with Gasteiger partial charge in [0.15, 0.2) is 4.87 Å². The molecule has 0 spiro atoms. The third kappa shape index (κ3) is 2.07. The van der Waals surface area contributed by atoms with E-state index in [1.54, 1.807) is 6.92 Å². The fraction of sp³-hybridized carbons (Fsp3) is 0.333. The maximum Gasteiger partial charge on any atom is 0.166 e. The Morgan fingerprint density at radius 1 is 1.57 bits per heavy atom. The molecule has 1 aliphatic rings. The minimum absolute atomic E-state index is 0.303. The maximum absolute atomic E-state index is 9.73. The van der Waals surface area contributed by atoms with E-state index in [0.717, 1.165) is 0 Å². The van der Waals surface area contributed by atoms with Crippen molar-refractivity contribution in [1.82, 2.24) is 0 Å². The van der Waals surface area contributed by atoms with Gasteiger partial charge in [0.05, 0.1) is 10.1 Å². The van der Waals surface area contributed by atoms with Crippen LogP contribution in [-0.4, -0.2) is 16.1 Å². The molecule has 0 aromatic heterocycles. The summed E-state index contributed by atoms with van der Waals surface area (Å²) in [7, 11) is 0. The van der Waals surface area contributed by atoms with Crippen molar-refractivity contribution in [2.24, 2.45) is 0 Å². The van der Waals surface area contributed by atoms with Gasteiger partial charge in [-0.15, -0.1) is 5.92 Å². The van der Waals surface area contributed by atoms with Crippen LogP contribution in [0.1, 0.15) is 6.92 Å². The van der Waals surface area contributed by atoms with Crippen molar-refractivity contribution in [2.75, 3.05) is 0 Å². The summed E-state index contributed by atoms with van der Waals surface area (Å²) in [5, 5.41) is 10.4. The first kappa shape index (κ1) is 12.7. The Kier molecular flexibility index (Phi) is 4.19. The van der Waals surface area contributed by atoms with Crippen LogP contribution >= 0.6 is 57.4 Å². The van der Waals surface area contributed by atoms with Crippen LogP contribution in [0.5, 0.6) is 0 Å². The summed E-state index contributed by atoms with van der Waals surface area (Å²) in [6.45, 7) is 1.65. The first-order valence-corrected chi connectivity index (χ1v) is 5.89. The van der Waals surface area contributed by atoms with E-state index in [2.05, 4.69) is 11.8 Å². The lowest BCUT2D eigenvalue weighted by atomic mass is 9.97. The molecule has 0 amide bonds. The van der Waals surface area contributed by atoms with Crippen LogP contribution in [0.25, 0.3) is 0 Å². The molecule has 1 N–H and O–H groups in total. The summed E-state index contributed by atoms with van der Waals surface area (Å²) in [6, 6.07) is 0. The molecule has 0 aliphatic heterocycles. The molecular weight excluding hydrogens is 357 g/mol. The van der Waals surface area contributed by atoms with Gasteiger partial charge >= 0.3 is 0 Å². The maximum atomic E-state index is 9.73. The van der Waals surface area contributed by atoms with Gasteiger partial charge in [0.2, 0.25) is 0 Å². The van der Waals surface area contributed by atoms with Gasteiger partial charge in [0.1, 0.15) is 6.10 Å². The van der Waals surface area contributed by atoms with Crippen molar-refractivity contribution in [3.8, 4) is 11.8 Å². The summed E-state index contributed by atoms with van der Waals surface area (Å²) < 4.78 is 0.549. The number of rotatable bonds is 0. The molecule has 14 heavy (non-hydrogen) atoms. The Morgan fingerprint density at radius 3 is 2.64 bits per heavy atom. The van der Waals surface area contributed by atoms with Gasteiger partial charge in [-0.2, -0.15) is 0 Å². The van der Waals surface area contributed by atoms with Crippen LogP contribution in [0, 0.1) is 11.8 Å². The zero-order valence-electron chi connectivity index (χ0n) is 7.11. The van der Waals surface area contributed by atoms with Crippen LogP contribution in [0.4, 0.5) is 0 Å². The lowest BCUT2D eigenvalue weighted by Crippen LogP contribution is -2.37. The van der Waals surface area contributed by atoms with E-state index in [0.29, 0.717) is 13.6 Å². The monoisotopic (exact) mass is 362 g/mol. The highest BCUT2D eigenvalue weighted by atomic mass is 127. The first-order valence-electron chi connectivity index (χ1n) is 3.67. The van der Waals surface area contributed by atoms with Gasteiger partial charge in [-0.1, -0.05) is 40.7 Å². The highest BCUT2D eigenvalue weighted by Crippen LogP contribution is 2.44. The fourth-order valence-electron chi connectivity index (χ4n) is 1.03. The molecule has 0 saturated carbocycles. The van der Waals surface area contributed by atoms with Gasteiger partial charge in [0, 0.05) is 3.58 Å². The molecule has 0 fully saturated rings. The Bertz CT molecular complexity index is 377. The molecule has 1 rings (SSSR count). The third-order valence-corrected chi connectivity index (χ3v) is 5.08. The Balaban J connectivity index is 3.29. The van der Waals surface area contributed by atoms with E-state index >= 15 is 0 Å². The first-order chi connectivity index (χ1) is 6.43. The summed E-state index contributed by atoms with van der Waals surface area (Å²) in [6.07, 6.45) is 0.446. The number of halogens is 4. The van der Waals surface area contributed by atoms with Gasteiger partial charge in [-0.25, -0.2) is 0 Å². The Hall–Kier alpha value is 0.600. The molecule has 5 heteroatoms. The van der Waals surface area contributed by atoms with Crippen LogP contribution in [0.2, 0.25) is 0 Å². The zero-order chi connectivity index (χ0) is 10.9. The molecular formula is C9H6Cl3IO. The van der Waals surface area contributed by atoms with Crippen molar-refractivity contribution in [3.63, 3.8) is 0 Å². The van der Waals surface area contributed by atoms with E-state index in [9.17, 15) is 5.11 Å². The van der Waals surface area contributed by atoms with Gasteiger partial charge < -0.3 is 5.11 Å². The predicted molar refractivity (Wildman–Crippen MR) is 68.9 cm³/mol. The van der Waals surface area contributed by atoms with Crippen molar-refractivity contribution < 1.29 is 5.11 Å². The molecule has 1 aliphatic carbocycles. The molecule has 0 saturated heterocycles. The summed E-state index contributed by atoms with van der Waals surface area (Å²) >= 11 is 19.8. The fourth-order valence-corrected chi connectivity index (χ4v) is 2.66. The van der Waals surface area contributed by atoms with Crippen molar-refractivity contribution >= 4 is 57.4 Å². The lowest BCUT2D eigenvalue weighted by Gasteiger charge is -2.29. The summed E-state index contributed by atoms with van der Waals surface area (Å²) in [5.41, 5.74) is 0. The molecule has 0 bridgehead atoms. The molecule has 2 unspecified atom stereocenters. The van der Waals surface area contributed by atoms with Gasteiger partial charge in [0.25, 0.3) is 0 Å². The van der Waals surface area contributed by atoms with Gasteiger partial charge in [-0.3, -0.25) is 0 Å². The lowest BCUT2D eigenvalue weighted by molar-refractivity contribution is 0.208. The minimum atomic E-state index is -1.16. The average molecular weight is 363 g/mol. The van der Waals surface area contributed by atoms with E-state index in [4.69, 9.17) is 34.8 Å². The zero-order valence-corrected chi connectivity index (χ0v) is 11.5. The second-order valence-electron chi connectivity index (χ2n) is 2.67. The highest BCUT2D eigenvalue weighted by molar-refractivity contribution is 14.1. The molecule has 76 valence electrons. The standard InChI is InChI=1S/C9H6Cl3IO/c1-2-3-9(12)6(14)4-5(10)7(11)8(9)13/h4,6,14H,1H3. The molecule has 0 aromatic rings. The predicted octanol–water partition coefficient (Wildman–Crippen LogP) is 3.37.